The highest BCUT2D eigenvalue weighted by Gasteiger charge is 2.27. The van der Waals surface area contributed by atoms with Gasteiger partial charge in [0.1, 0.15) is 17.7 Å². The van der Waals surface area contributed by atoms with Crippen molar-refractivity contribution < 1.29 is 8.42 Å². The Morgan fingerprint density at radius 2 is 1.78 bits per heavy atom. The molecule has 1 aliphatic heterocycles. The summed E-state index contributed by atoms with van der Waals surface area (Å²) >= 11 is 0. The van der Waals surface area contributed by atoms with Crippen LogP contribution in [0.25, 0.3) is 0 Å². The molecule has 1 saturated heterocycles. The van der Waals surface area contributed by atoms with Gasteiger partial charge in [-0.3, -0.25) is 0 Å². The summed E-state index contributed by atoms with van der Waals surface area (Å²) in [6.07, 6.45) is 3.05. The number of rotatable bonds is 4. The van der Waals surface area contributed by atoms with E-state index in [-0.39, 0.29) is 10.5 Å². The van der Waals surface area contributed by atoms with Gasteiger partial charge >= 0.3 is 0 Å². The topological polar surface area (TPSA) is 97.0 Å². The van der Waals surface area contributed by atoms with Crippen LogP contribution in [0.1, 0.15) is 19.8 Å². The van der Waals surface area contributed by atoms with Crippen LogP contribution in [0.4, 0.5) is 5.69 Å². The lowest BCUT2D eigenvalue weighted by Crippen LogP contribution is -2.37. The Hall–Kier alpha value is -2.35. The van der Waals surface area contributed by atoms with Crippen LogP contribution in [0.5, 0.6) is 0 Å². The molecule has 0 atom stereocenters. The van der Waals surface area contributed by atoms with Crippen LogP contribution >= 0.6 is 0 Å². The Morgan fingerprint density at radius 1 is 1.22 bits per heavy atom. The van der Waals surface area contributed by atoms with Gasteiger partial charge in [0.2, 0.25) is 10.0 Å². The van der Waals surface area contributed by atoms with Gasteiger partial charge in [-0.15, -0.1) is 0 Å². The van der Waals surface area contributed by atoms with E-state index in [1.807, 2.05) is 0 Å². The Labute approximate surface area is 136 Å². The van der Waals surface area contributed by atoms with Gasteiger partial charge in [0.05, 0.1) is 4.90 Å². The predicted octanol–water partition coefficient (Wildman–Crippen LogP) is 2.45. The Morgan fingerprint density at radius 3 is 2.30 bits per heavy atom. The second kappa shape index (κ2) is 7.28. The molecule has 6 nitrogen and oxygen atoms in total. The van der Waals surface area contributed by atoms with Crippen molar-refractivity contribution in [2.24, 2.45) is 5.92 Å². The van der Waals surface area contributed by atoms with Crippen LogP contribution in [0.15, 0.2) is 40.9 Å². The number of nitrogens with zero attached hydrogens (tertiary/aromatic N) is 3. The van der Waals surface area contributed by atoms with Crippen LogP contribution in [-0.4, -0.2) is 25.8 Å². The molecule has 0 spiro atoms. The van der Waals surface area contributed by atoms with Crippen molar-refractivity contribution in [2.45, 2.75) is 24.7 Å². The van der Waals surface area contributed by atoms with Crippen molar-refractivity contribution in [1.82, 2.24) is 4.31 Å². The van der Waals surface area contributed by atoms with Crippen molar-refractivity contribution in [1.29, 1.82) is 10.5 Å². The highest BCUT2D eigenvalue weighted by Crippen LogP contribution is 2.24. The molecule has 1 heterocycles. The first-order chi connectivity index (χ1) is 11.0. The highest BCUT2D eigenvalue weighted by molar-refractivity contribution is 7.89. The van der Waals surface area contributed by atoms with Gasteiger partial charge in [-0.25, -0.2) is 8.42 Å². The van der Waals surface area contributed by atoms with Gasteiger partial charge < -0.3 is 5.32 Å². The number of hydrogen-bond acceptors (Lipinski definition) is 5. The summed E-state index contributed by atoms with van der Waals surface area (Å²) in [7, 11) is -3.46. The van der Waals surface area contributed by atoms with Gasteiger partial charge in [0, 0.05) is 25.0 Å². The van der Waals surface area contributed by atoms with Crippen molar-refractivity contribution >= 4 is 15.7 Å². The quantitative estimate of drug-likeness (QED) is 0.855. The molecule has 0 unspecified atom stereocenters. The first-order valence-corrected chi connectivity index (χ1v) is 8.78. The predicted molar refractivity (Wildman–Crippen MR) is 86.5 cm³/mol. The molecule has 0 aromatic heterocycles. The molecule has 1 aliphatic rings. The molecule has 0 radical (unpaired) electrons. The van der Waals surface area contributed by atoms with E-state index in [0.29, 0.717) is 24.7 Å². The van der Waals surface area contributed by atoms with Gasteiger partial charge in [0.25, 0.3) is 0 Å². The molecule has 1 aromatic carbocycles. The van der Waals surface area contributed by atoms with Gasteiger partial charge in [-0.05, 0) is 43.0 Å². The number of hydrogen-bond donors (Lipinski definition) is 1. The van der Waals surface area contributed by atoms with E-state index in [9.17, 15) is 8.42 Å². The van der Waals surface area contributed by atoms with E-state index in [1.54, 1.807) is 24.3 Å². The van der Waals surface area contributed by atoms with Crippen LogP contribution in [0, 0.1) is 28.6 Å². The lowest BCUT2D eigenvalue weighted by atomic mass is 10.0. The molecule has 7 heteroatoms. The fourth-order valence-electron chi connectivity index (χ4n) is 2.34. The van der Waals surface area contributed by atoms with E-state index in [0.717, 1.165) is 12.8 Å². The van der Waals surface area contributed by atoms with Crippen molar-refractivity contribution in [3.8, 4) is 12.1 Å². The minimum Gasteiger partial charge on any atom is -0.360 e. The average Bonchev–Trinajstić information content (AvgIpc) is 2.56. The fraction of sp³-hybridized carbons (Fsp3) is 0.375. The maximum atomic E-state index is 12.6. The van der Waals surface area contributed by atoms with Crippen LogP contribution in [0.2, 0.25) is 0 Å². The van der Waals surface area contributed by atoms with Crippen molar-refractivity contribution in [2.75, 3.05) is 18.4 Å². The SMILES string of the molecule is CC1CCN(S(=O)(=O)c2ccc(NC=C(C#N)C#N)cc2)CC1. The van der Waals surface area contributed by atoms with Crippen molar-refractivity contribution in [3.63, 3.8) is 0 Å². The summed E-state index contributed by atoms with van der Waals surface area (Å²) < 4.78 is 26.7. The molecule has 1 aromatic rings. The van der Waals surface area contributed by atoms with Crippen LogP contribution in [-0.2, 0) is 10.0 Å². The van der Waals surface area contributed by atoms with E-state index < -0.39 is 10.0 Å². The van der Waals surface area contributed by atoms with E-state index in [1.165, 1.54) is 22.6 Å². The lowest BCUT2D eigenvalue weighted by Gasteiger charge is -2.29. The standard InChI is InChI=1S/C16H18N4O2S/c1-13-6-8-20(9-7-13)23(21,22)16-4-2-15(3-5-16)19-12-14(10-17)11-18/h2-5,12-13,19H,6-9H2,1H3. The molecule has 0 aliphatic carbocycles. The first kappa shape index (κ1) is 17.0. The second-order valence-corrected chi connectivity index (χ2v) is 7.47. The molecule has 1 fully saturated rings. The maximum Gasteiger partial charge on any atom is 0.243 e. The lowest BCUT2D eigenvalue weighted by molar-refractivity contribution is 0.288. The van der Waals surface area contributed by atoms with Gasteiger partial charge in [-0.2, -0.15) is 14.8 Å². The Bertz CT molecular complexity index is 746. The third-order valence-electron chi connectivity index (χ3n) is 3.86. The van der Waals surface area contributed by atoms with E-state index in [4.69, 9.17) is 10.5 Å². The fourth-order valence-corrected chi connectivity index (χ4v) is 3.81. The molecule has 0 saturated carbocycles. The van der Waals surface area contributed by atoms with Crippen LogP contribution < -0.4 is 5.32 Å². The molecule has 0 amide bonds. The van der Waals surface area contributed by atoms with Gasteiger partial charge in [-0.1, -0.05) is 6.92 Å². The van der Waals surface area contributed by atoms with E-state index in [2.05, 4.69) is 12.2 Å². The minimum absolute atomic E-state index is 0.0517. The number of sulfonamides is 1. The summed E-state index contributed by atoms with van der Waals surface area (Å²) in [4.78, 5) is 0.252. The number of piperidine rings is 1. The normalized spacial score (nSPS) is 16.1. The zero-order valence-electron chi connectivity index (χ0n) is 12.9. The third kappa shape index (κ3) is 4.10. The third-order valence-corrected chi connectivity index (χ3v) is 5.77. The number of anilines is 1. The zero-order valence-corrected chi connectivity index (χ0v) is 13.7. The molecule has 2 rings (SSSR count). The average molecular weight is 330 g/mol. The van der Waals surface area contributed by atoms with Crippen LogP contribution in [0.3, 0.4) is 0 Å². The second-order valence-electron chi connectivity index (χ2n) is 5.54. The number of allylic oxidation sites excluding steroid dienone is 1. The molecule has 1 N–H and O–H groups in total. The number of nitrogens with one attached hydrogen (secondary N) is 1. The Kier molecular flexibility index (Phi) is 5.38. The molecule has 0 bridgehead atoms. The minimum atomic E-state index is -3.46. The molecular formula is C16H18N4O2S. The van der Waals surface area contributed by atoms with Gasteiger partial charge in [0.15, 0.2) is 0 Å². The first-order valence-electron chi connectivity index (χ1n) is 7.34. The summed E-state index contributed by atoms with van der Waals surface area (Å²) in [5.41, 5.74) is 0.559. The van der Waals surface area contributed by atoms with Crippen molar-refractivity contribution in [3.05, 3.63) is 36.0 Å². The summed E-state index contributed by atoms with van der Waals surface area (Å²) in [6.45, 7) is 3.24. The smallest absolute Gasteiger partial charge is 0.243 e. The number of nitriles is 2. The van der Waals surface area contributed by atoms with E-state index >= 15 is 0 Å². The summed E-state index contributed by atoms with van der Waals surface area (Å²) in [5, 5.41) is 20.1. The summed E-state index contributed by atoms with van der Waals surface area (Å²) in [5.74, 6) is 0.564. The Balaban J connectivity index is 2.12. The zero-order chi connectivity index (χ0) is 16.9. The maximum absolute atomic E-state index is 12.6. The molecule has 23 heavy (non-hydrogen) atoms. The number of benzene rings is 1. The molecular weight excluding hydrogens is 312 g/mol. The summed E-state index contributed by atoms with van der Waals surface area (Å²) in [6, 6.07) is 9.76. The molecule has 120 valence electrons. The largest absolute Gasteiger partial charge is 0.360 e. The highest BCUT2D eigenvalue weighted by atomic mass is 32.2. The monoisotopic (exact) mass is 330 g/mol.